The van der Waals surface area contributed by atoms with Crippen molar-refractivity contribution in [2.24, 2.45) is 0 Å². The molecule has 0 saturated carbocycles. The summed E-state index contributed by atoms with van der Waals surface area (Å²) in [5, 5.41) is 30.5. The second-order valence-electron chi connectivity index (χ2n) is 8.80. The van der Waals surface area contributed by atoms with Gasteiger partial charge in [-0.25, -0.2) is 13.6 Å². The van der Waals surface area contributed by atoms with Crippen LogP contribution in [0.25, 0.3) is 0 Å². The first-order chi connectivity index (χ1) is 22.1. The molecule has 0 spiro atoms. The summed E-state index contributed by atoms with van der Waals surface area (Å²) in [7, 11) is 0. The second-order valence-corrected chi connectivity index (χ2v) is 8.80. The molecule has 3 aromatic rings. The van der Waals surface area contributed by atoms with Gasteiger partial charge in [0.1, 0.15) is 13.2 Å². The highest BCUT2D eigenvalue weighted by Gasteiger charge is 2.27. The zero-order chi connectivity index (χ0) is 36.0. The Bertz CT molecular complexity index is 1620. The van der Waals surface area contributed by atoms with Crippen LogP contribution in [0.1, 0.15) is 72.0 Å². The first kappa shape index (κ1) is 39.6. The fourth-order valence-corrected chi connectivity index (χ4v) is 3.53. The van der Waals surface area contributed by atoms with E-state index < -0.39 is 81.9 Å². The van der Waals surface area contributed by atoms with Crippen molar-refractivity contribution < 1.29 is 61.1 Å². The van der Waals surface area contributed by atoms with E-state index in [0.29, 0.717) is 0 Å². The van der Waals surface area contributed by atoms with Gasteiger partial charge in [-0.2, -0.15) is 8.78 Å². The van der Waals surface area contributed by atoms with Crippen molar-refractivity contribution in [1.29, 1.82) is 0 Å². The van der Waals surface area contributed by atoms with Crippen molar-refractivity contribution in [2.45, 2.75) is 54.4 Å². The number of hydrogen-bond donors (Lipinski definition) is 1. The van der Waals surface area contributed by atoms with Crippen LogP contribution < -0.4 is 4.74 Å². The van der Waals surface area contributed by atoms with Crippen LogP contribution in [0.15, 0.2) is 36.4 Å². The number of Topliss-reactive ketones (excluding diaryl/α,β-unsaturated/α-hetero) is 2. The number of aliphatic hydroxyl groups excluding tert-OH is 1. The third kappa shape index (κ3) is 10.6. The van der Waals surface area contributed by atoms with Gasteiger partial charge in [0, 0.05) is 23.3 Å². The van der Waals surface area contributed by atoms with Crippen LogP contribution >= 0.6 is 0 Å². The summed E-state index contributed by atoms with van der Waals surface area (Å²) < 4.78 is 69.2. The predicted octanol–water partition coefficient (Wildman–Crippen LogP) is 6.92. The van der Waals surface area contributed by atoms with Gasteiger partial charge in [-0.3, -0.25) is 29.8 Å². The number of nitrogens with zero attached hydrogens (tertiary/aromatic N) is 2. The molecule has 3 rings (SSSR count). The largest absolute Gasteiger partial charge is 0.508 e. The van der Waals surface area contributed by atoms with E-state index in [1.165, 1.54) is 51.1 Å². The summed E-state index contributed by atoms with van der Waals surface area (Å²) in [5.41, 5.74) is -1.50. The van der Waals surface area contributed by atoms with Gasteiger partial charge >= 0.3 is 6.16 Å². The van der Waals surface area contributed by atoms with E-state index in [2.05, 4.69) is 14.2 Å². The Balaban J connectivity index is 0.000000575. The number of aliphatic hydroxyl groups is 1. The molecular formula is C30H30F4N2O11. The molecule has 0 aliphatic heterocycles. The second kappa shape index (κ2) is 18.5. The molecule has 0 saturated heterocycles. The summed E-state index contributed by atoms with van der Waals surface area (Å²) in [4.78, 5) is 54.2. The van der Waals surface area contributed by atoms with Gasteiger partial charge in [-0.15, -0.1) is 0 Å². The SMILES string of the molecule is CC.CC(=O)c1ccc(CO)c([N+](=O)[O-])c1.CCOc1c(F)c(F)c(COC(=O)OCc2ccc(C(C)=O)cc2[N+](=O)[O-])c(F)c1F. The molecule has 0 aliphatic carbocycles. The smallest absolute Gasteiger partial charge is 0.488 e. The van der Waals surface area contributed by atoms with Gasteiger partial charge in [0.2, 0.25) is 11.6 Å². The molecule has 17 heteroatoms. The first-order valence-electron chi connectivity index (χ1n) is 13.6. The number of halogens is 4. The quantitative estimate of drug-likeness (QED) is 0.0557. The molecule has 0 atom stereocenters. The minimum atomic E-state index is -1.81. The average molecular weight is 671 g/mol. The van der Waals surface area contributed by atoms with E-state index in [1.54, 1.807) is 0 Å². The summed E-state index contributed by atoms with van der Waals surface area (Å²) >= 11 is 0. The molecule has 0 radical (unpaired) electrons. The summed E-state index contributed by atoms with van der Waals surface area (Å²) in [6.45, 7) is 5.32. The Morgan fingerprint density at radius 2 is 1.17 bits per heavy atom. The van der Waals surface area contributed by atoms with Crippen LogP contribution in [0.4, 0.5) is 33.7 Å². The molecule has 0 unspecified atom stereocenters. The molecule has 1 N–H and O–H groups in total. The van der Waals surface area contributed by atoms with E-state index in [0.717, 1.165) is 6.07 Å². The van der Waals surface area contributed by atoms with Crippen molar-refractivity contribution in [1.82, 2.24) is 0 Å². The van der Waals surface area contributed by atoms with Crippen molar-refractivity contribution in [3.8, 4) is 5.75 Å². The standard InChI is InChI=1S/C19H15F4NO7.C9H9NO4.C2H6/c1-3-29-18-16(22)14(20)12(15(21)17(18)23)8-31-19(26)30-7-11-5-4-10(9(2)25)6-13(11)24(27)28;1-6(12)7-2-3-8(5-11)9(4-7)10(13)14;1-2/h4-6H,3,7-8H2,1-2H3;2-4,11H,5H2,1H3;1-2H3. The highest BCUT2D eigenvalue weighted by atomic mass is 19.2. The Labute approximate surface area is 265 Å². The maximum Gasteiger partial charge on any atom is 0.508 e. The van der Waals surface area contributed by atoms with Crippen molar-refractivity contribution >= 4 is 29.1 Å². The first-order valence-corrected chi connectivity index (χ1v) is 13.6. The van der Waals surface area contributed by atoms with Crippen molar-refractivity contribution in [3.63, 3.8) is 0 Å². The zero-order valence-corrected chi connectivity index (χ0v) is 25.7. The van der Waals surface area contributed by atoms with Crippen LogP contribution in [0.2, 0.25) is 0 Å². The highest BCUT2D eigenvalue weighted by molar-refractivity contribution is 5.95. The van der Waals surface area contributed by atoms with Crippen LogP contribution in [0.3, 0.4) is 0 Å². The molecule has 0 bridgehead atoms. The van der Waals surface area contributed by atoms with Crippen LogP contribution in [0, 0.1) is 43.5 Å². The maximum absolute atomic E-state index is 14.0. The number of rotatable bonds is 11. The molecule has 0 aliphatic rings. The molecule has 13 nitrogen and oxygen atoms in total. The van der Waals surface area contributed by atoms with E-state index in [-0.39, 0.29) is 40.3 Å². The van der Waals surface area contributed by atoms with Crippen molar-refractivity contribution in [2.75, 3.05) is 6.61 Å². The van der Waals surface area contributed by atoms with Gasteiger partial charge in [0.25, 0.3) is 11.4 Å². The summed E-state index contributed by atoms with van der Waals surface area (Å²) in [6.07, 6.45) is -1.52. The van der Waals surface area contributed by atoms with Gasteiger partial charge in [0.05, 0.1) is 39.8 Å². The normalized spacial score (nSPS) is 10.0. The van der Waals surface area contributed by atoms with Gasteiger partial charge in [-0.1, -0.05) is 26.0 Å². The number of ether oxygens (including phenoxy) is 3. The number of ketones is 2. The summed E-state index contributed by atoms with van der Waals surface area (Å²) in [6, 6.07) is 7.46. The Kier molecular flexibility index (Phi) is 15.6. The lowest BCUT2D eigenvalue weighted by Crippen LogP contribution is -2.13. The third-order valence-electron chi connectivity index (χ3n) is 5.83. The molecule has 0 fully saturated rings. The highest BCUT2D eigenvalue weighted by Crippen LogP contribution is 2.31. The minimum absolute atomic E-state index is 0.0588. The van der Waals surface area contributed by atoms with E-state index in [4.69, 9.17) is 5.11 Å². The molecule has 47 heavy (non-hydrogen) atoms. The summed E-state index contributed by atoms with van der Waals surface area (Å²) in [5.74, 6) is -9.13. The Morgan fingerprint density at radius 1 is 0.745 bits per heavy atom. The minimum Gasteiger partial charge on any atom is -0.488 e. The molecule has 0 amide bonds. The fourth-order valence-electron chi connectivity index (χ4n) is 3.53. The molecule has 0 aromatic heterocycles. The molecule has 254 valence electrons. The number of nitro benzene ring substituents is 2. The molecular weight excluding hydrogens is 640 g/mol. The fraction of sp³-hybridized carbons (Fsp3) is 0.300. The van der Waals surface area contributed by atoms with Crippen LogP contribution in [0.5, 0.6) is 5.75 Å². The number of benzene rings is 3. The van der Waals surface area contributed by atoms with Gasteiger partial charge in [-0.05, 0) is 32.9 Å². The lowest BCUT2D eigenvalue weighted by atomic mass is 10.1. The third-order valence-corrected chi connectivity index (χ3v) is 5.83. The van der Waals surface area contributed by atoms with Crippen LogP contribution in [-0.2, 0) is 29.3 Å². The monoisotopic (exact) mass is 670 g/mol. The lowest BCUT2D eigenvalue weighted by molar-refractivity contribution is -0.386. The van der Waals surface area contributed by atoms with E-state index >= 15 is 0 Å². The average Bonchev–Trinajstić information content (AvgIpc) is 3.05. The topological polar surface area (TPSA) is 185 Å². The molecule has 3 aromatic carbocycles. The van der Waals surface area contributed by atoms with Gasteiger partial charge < -0.3 is 19.3 Å². The molecule has 0 heterocycles. The maximum atomic E-state index is 14.0. The number of carbonyl (C=O) groups excluding carboxylic acids is 3. The van der Waals surface area contributed by atoms with Crippen molar-refractivity contribution in [3.05, 3.63) is 108 Å². The number of carbonyl (C=O) groups is 3. The van der Waals surface area contributed by atoms with E-state index in [1.807, 2.05) is 13.8 Å². The number of nitro groups is 2. The van der Waals surface area contributed by atoms with Crippen LogP contribution in [-0.4, -0.2) is 39.3 Å². The van der Waals surface area contributed by atoms with Gasteiger partial charge in [0.15, 0.2) is 29.0 Å². The lowest BCUT2D eigenvalue weighted by Gasteiger charge is -2.12. The zero-order valence-electron chi connectivity index (χ0n) is 25.7. The number of hydrogen-bond acceptors (Lipinski definition) is 11. The Morgan fingerprint density at radius 3 is 1.57 bits per heavy atom. The Hall–Kier alpha value is -5.45. The predicted molar refractivity (Wildman–Crippen MR) is 156 cm³/mol. The van der Waals surface area contributed by atoms with E-state index in [9.17, 15) is 52.2 Å².